The fourth-order valence-electron chi connectivity index (χ4n) is 2.94. The van der Waals surface area contributed by atoms with Crippen molar-refractivity contribution < 1.29 is 27.6 Å². The van der Waals surface area contributed by atoms with Crippen molar-refractivity contribution in [2.24, 2.45) is 4.99 Å². The molecule has 2 aromatic carbocycles. The first-order valence-electron chi connectivity index (χ1n) is 8.51. The van der Waals surface area contributed by atoms with Crippen LogP contribution in [0.1, 0.15) is 17.3 Å². The van der Waals surface area contributed by atoms with Crippen LogP contribution in [0.5, 0.6) is 0 Å². The number of nitrogens with two attached hydrogens (primary N) is 1. The van der Waals surface area contributed by atoms with E-state index in [-0.39, 0.29) is 5.91 Å². The number of nitrogens with zero attached hydrogens (tertiary/aromatic N) is 2. The van der Waals surface area contributed by atoms with Crippen molar-refractivity contribution in [3.63, 3.8) is 0 Å². The van der Waals surface area contributed by atoms with Gasteiger partial charge < -0.3 is 4.55 Å². The summed E-state index contributed by atoms with van der Waals surface area (Å²) >= 11 is 0. The van der Waals surface area contributed by atoms with Crippen LogP contribution in [0.2, 0.25) is 0 Å². The fourth-order valence-corrected chi connectivity index (χ4v) is 2.94. The summed E-state index contributed by atoms with van der Waals surface area (Å²) in [5.41, 5.74) is 4.32. The number of quaternary nitrogens is 1. The molecule has 3 aromatic rings. The highest BCUT2D eigenvalue weighted by molar-refractivity contribution is 7.79. The molecule has 29 heavy (non-hydrogen) atoms. The number of carbonyl (C=O) groups excluding carboxylic acids is 1. The molecule has 0 aliphatic carbocycles. The quantitative estimate of drug-likeness (QED) is 0.490. The lowest BCUT2D eigenvalue weighted by atomic mass is 9.97. The van der Waals surface area contributed by atoms with Crippen LogP contribution in [0.15, 0.2) is 71.7 Å². The molecule has 148 valence electrons. The molecule has 0 fully saturated rings. The number of benzene rings is 2. The number of rotatable bonds is 2. The number of pyridine rings is 1. The minimum Gasteiger partial charge on any atom is -0.726 e. The lowest BCUT2D eigenvalue weighted by molar-refractivity contribution is -0.450. The largest absolute Gasteiger partial charge is 0.726 e. The Labute approximate surface area is 167 Å². The molecular formula is C20H17N3O5S. The highest BCUT2D eigenvalue weighted by Crippen LogP contribution is 2.32. The monoisotopic (exact) mass is 411 g/mol. The van der Waals surface area contributed by atoms with Crippen LogP contribution in [0.4, 0.5) is 5.82 Å². The van der Waals surface area contributed by atoms with E-state index in [0.29, 0.717) is 17.2 Å². The van der Waals surface area contributed by atoms with Crippen LogP contribution < -0.4 is 5.32 Å². The highest BCUT2D eigenvalue weighted by atomic mass is 32.3. The molecule has 1 amide bonds. The Bertz CT molecular complexity index is 1170. The summed E-state index contributed by atoms with van der Waals surface area (Å²) in [6.45, 7) is 1.82. The van der Waals surface area contributed by atoms with Gasteiger partial charge in [-0.2, -0.15) is 9.98 Å². The van der Waals surface area contributed by atoms with Gasteiger partial charge in [-0.05, 0) is 11.6 Å². The smallest absolute Gasteiger partial charge is 0.290 e. The van der Waals surface area contributed by atoms with Gasteiger partial charge in [0.25, 0.3) is 5.91 Å². The first-order valence-corrected chi connectivity index (χ1v) is 9.87. The van der Waals surface area contributed by atoms with E-state index in [9.17, 15) is 4.79 Å². The summed E-state index contributed by atoms with van der Waals surface area (Å²) in [5, 5.41) is 1.87. The van der Waals surface area contributed by atoms with Gasteiger partial charge in [0.05, 0.1) is 5.69 Å². The van der Waals surface area contributed by atoms with Gasteiger partial charge in [-0.1, -0.05) is 60.7 Å². The molecule has 1 aliphatic heterocycles. The standard InChI is InChI=1S/C20H15N3O.H2O4S/c1-13-21-19-18(20(24)22-13)16(14-8-4-2-5-9-14)12-17(23-19)15-10-6-3-7-11-15;1-5(2,3)4/h2-12H,1H3,(H,21,22,23,24);(H2,1,2,3,4). The summed E-state index contributed by atoms with van der Waals surface area (Å²) in [6.07, 6.45) is 0. The molecule has 1 aliphatic rings. The molecule has 0 radical (unpaired) electrons. The maximum absolute atomic E-state index is 12.5. The lowest BCUT2D eigenvalue weighted by Crippen LogP contribution is -2.83. The van der Waals surface area contributed by atoms with Crippen molar-refractivity contribution in [3.8, 4) is 22.4 Å². The second-order valence-corrected chi connectivity index (χ2v) is 7.03. The summed E-state index contributed by atoms with van der Waals surface area (Å²) in [4.78, 5) is 21.3. The maximum Gasteiger partial charge on any atom is 0.290 e. The molecule has 3 N–H and O–H groups in total. The number of carbonyl (C=O) groups is 1. The minimum atomic E-state index is -4.92. The van der Waals surface area contributed by atoms with Gasteiger partial charge in [-0.15, -0.1) is 0 Å². The Morgan fingerprint density at radius 1 is 0.966 bits per heavy atom. The topological polar surface area (TPSA) is 136 Å². The number of aliphatic imine (C=N–C) groups is 1. The number of hydrogen-bond acceptors (Lipinski definition) is 5. The van der Waals surface area contributed by atoms with Crippen LogP contribution in [0.3, 0.4) is 0 Å². The minimum absolute atomic E-state index is 0.226. The van der Waals surface area contributed by atoms with Crippen LogP contribution in [-0.2, 0) is 10.4 Å². The number of fused-ring (bicyclic) bond motifs is 1. The molecule has 0 saturated carbocycles. The number of hydrogen-bond donors (Lipinski definition) is 2. The Hall–Kier alpha value is -3.24. The van der Waals surface area contributed by atoms with Gasteiger partial charge in [-0.25, -0.2) is 8.42 Å². The van der Waals surface area contributed by atoms with Crippen LogP contribution >= 0.6 is 0 Å². The second-order valence-electron chi connectivity index (χ2n) is 6.18. The van der Waals surface area contributed by atoms with E-state index < -0.39 is 10.4 Å². The summed E-state index contributed by atoms with van der Waals surface area (Å²) in [7, 11) is -4.92. The van der Waals surface area contributed by atoms with Crippen molar-refractivity contribution in [2.75, 3.05) is 0 Å². The van der Waals surface area contributed by atoms with Gasteiger partial charge in [-0.3, -0.25) is 14.7 Å². The third kappa shape index (κ3) is 5.39. The molecule has 0 bridgehead atoms. The highest BCUT2D eigenvalue weighted by Gasteiger charge is 2.28. The zero-order valence-corrected chi connectivity index (χ0v) is 16.1. The van der Waals surface area contributed by atoms with Crippen molar-refractivity contribution in [1.29, 1.82) is 0 Å². The van der Waals surface area contributed by atoms with E-state index >= 15 is 0 Å². The van der Waals surface area contributed by atoms with Crippen LogP contribution in [0, 0.1) is 0 Å². The maximum atomic E-state index is 12.5. The van der Waals surface area contributed by atoms with Crippen molar-refractivity contribution in [3.05, 3.63) is 72.3 Å². The van der Waals surface area contributed by atoms with Gasteiger partial charge in [0.1, 0.15) is 5.56 Å². The van der Waals surface area contributed by atoms with E-state index in [2.05, 4.69) is 4.99 Å². The Morgan fingerprint density at radius 2 is 1.48 bits per heavy atom. The zero-order chi connectivity index (χ0) is 21.0. The fraction of sp³-hybridized carbons (Fsp3) is 0.0500. The molecular weight excluding hydrogens is 394 g/mol. The van der Waals surface area contributed by atoms with Crippen molar-refractivity contribution in [2.45, 2.75) is 6.92 Å². The first kappa shape index (κ1) is 20.5. The molecule has 0 atom stereocenters. The predicted molar refractivity (Wildman–Crippen MR) is 106 cm³/mol. The summed E-state index contributed by atoms with van der Waals surface area (Å²) < 4.78 is 32.8. The third-order valence-corrected chi connectivity index (χ3v) is 4.04. The van der Waals surface area contributed by atoms with Crippen molar-refractivity contribution >= 4 is 28.0 Å². The zero-order valence-electron chi connectivity index (χ0n) is 15.3. The first-order chi connectivity index (χ1) is 13.7. The van der Waals surface area contributed by atoms with E-state index in [0.717, 1.165) is 22.4 Å². The SMILES string of the molecule is CC1=NC(=O)c2c(-c3ccccc3)cc(-c3ccccc3)nc2[NH2+]1.O=S(=O)([O-])O. The van der Waals surface area contributed by atoms with E-state index in [4.69, 9.17) is 22.5 Å². The number of amidine groups is 1. The Morgan fingerprint density at radius 3 is 2.03 bits per heavy atom. The Balaban J connectivity index is 0.000000431. The summed E-state index contributed by atoms with van der Waals surface area (Å²) in [6, 6.07) is 21.9. The van der Waals surface area contributed by atoms with Crippen LogP contribution in [0.25, 0.3) is 22.4 Å². The summed E-state index contributed by atoms with van der Waals surface area (Å²) in [5.74, 6) is 1.15. The average Bonchev–Trinajstić information content (AvgIpc) is 2.67. The third-order valence-electron chi connectivity index (χ3n) is 4.04. The lowest BCUT2D eigenvalue weighted by Gasteiger charge is -2.15. The second kappa shape index (κ2) is 8.41. The van der Waals surface area contributed by atoms with Crippen molar-refractivity contribution in [1.82, 2.24) is 4.98 Å². The predicted octanol–water partition coefficient (Wildman–Crippen LogP) is 2.19. The Kier molecular flexibility index (Phi) is 5.95. The number of amides is 1. The van der Waals surface area contributed by atoms with E-state index in [1.807, 2.05) is 79.0 Å². The molecule has 2 heterocycles. The van der Waals surface area contributed by atoms with E-state index in [1.165, 1.54) is 0 Å². The number of aromatic nitrogens is 1. The molecule has 9 heteroatoms. The molecule has 8 nitrogen and oxygen atoms in total. The van der Waals surface area contributed by atoms with E-state index in [1.54, 1.807) is 0 Å². The molecule has 0 unspecified atom stereocenters. The van der Waals surface area contributed by atoms with Gasteiger partial charge in [0.2, 0.25) is 22.1 Å². The van der Waals surface area contributed by atoms with Gasteiger partial charge >= 0.3 is 0 Å². The van der Waals surface area contributed by atoms with Gasteiger partial charge in [0.15, 0.2) is 0 Å². The molecule has 4 rings (SSSR count). The average molecular weight is 411 g/mol. The molecule has 0 saturated heterocycles. The molecule has 1 aromatic heterocycles. The van der Waals surface area contributed by atoms with Crippen LogP contribution in [-0.4, -0.2) is 34.3 Å². The van der Waals surface area contributed by atoms with Gasteiger partial charge in [0, 0.05) is 18.1 Å². The normalized spacial score (nSPS) is 13.1. The molecule has 0 spiro atoms.